The number of carbonyl (C=O) groups is 1. The van der Waals surface area contributed by atoms with E-state index in [1.165, 1.54) is 4.90 Å². The summed E-state index contributed by atoms with van der Waals surface area (Å²) in [6.45, 7) is 1.20. The molecule has 5 heteroatoms. The molecule has 1 rings (SSSR count). The first-order valence-corrected chi connectivity index (χ1v) is 4.49. The molecule has 0 spiro atoms. The zero-order chi connectivity index (χ0) is 9.68. The molecule has 0 radical (unpaired) electrons. The second-order valence-corrected chi connectivity index (χ2v) is 2.86. The maximum absolute atomic E-state index is 11.2. The number of morpholine rings is 1. The van der Waals surface area contributed by atoms with Gasteiger partial charge in [0.2, 0.25) is 0 Å². The van der Waals surface area contributed by atoms with Gasteiger partial charge >= 0.3 is 0 Å². The number of rotatable bonds is 0. The molecule has 1 unspecified atom stereocenters. The normalized spacial score (nSPS) is 21.2. The summed E-state index contributed by atoms with van der Waals surface area (Å²) in [6, 6.07) is 1.95. The van der Waals surface area contributed by atoms with Crippen molar-refractivity contribution in [1.82, 2.24) is 4.90 Å². The van der Waals surface area contributed by atoms with E-state index in [4.69, 9.17) is 10.00 Å². The summed E-state index contributed by atoms with van der Waals surface area (Å²) >= 11 is 2.84. The van der Waals surface area contributed by atoms with Gasteiger partial charge in [-0.05, 0) is 4.83 Å². The van der Waals surface area contributed by atoms with Crippen LogP contribution in [0.2, 0.25) is 0 Å². The van der Waals surface area contributed by atoms with Crippen molar-refractivity contribution in [2.75, 3.05) is 19.7 Å². The van der Waals surface area contributed by atoms with E-state index >= 15 is 0 Å². The Labute approximate surface area is 84.6 Å². The molecule has 1 amide bonds. The first kappa shape index (κ1) is 10.0. The van der Waals surface area contributed by atoms with Crippen molar-refractivity contribution in [2.24, 2.45) is 0 Å². The van der Waals surface area contributed by atoms with Gasteiger partial charge in [-0.1, -0.05) is 0 Å². The van der Waals surface area contributed by atoms with E-state index < -0.39 is 6.10 Å². The molecule has 68 valence electrons. The van der Waals surface area contributed by atoms with Crippen molar-refractivity contribution < 1.29 is 9.53 Å². The molecular formula is C8H7BrN2O2. The maximum Gasteiger partial charge on any atom is 0.299 e. The molecule has 1 saturated heterocycles. The average molecular weight is 243 g/mol. The van der Waals surface area contributed by atoms with Crippen LogP contribution in [0.4, 0.5) is 0 Å². The number of hydrogen-bond donors (Lipinski definition) is 0. The number of ether oxygens (including phenoxy) is 1. The summed E-state index contributed by atoms with van der Waals surface area (Å²) in [5, 5.41) is 8.56. The molecule has 1 heterocycles. The van der Waals surface area contributed by atoms with Crippen LogP contribution in [0.5, 0.6) is 0 Å². The third kappa shape index (κ3) is 2.73. The Morgan fingerprint density at radius 3 is 3.08 bits per heavy atom. The topological polar surface area (TPSA) is 53.3 Å². The highest BCUT2D eigenvalue weighted by Gasteiger charge is 2.22. The van der Waals surface area contributed by atoms with Gasteiger partial charge < -0.3 is 9.64 Å². The molecule has 1 aliphatic rings. The van der Waals surface area contributed by atoms with Crippen LogP contribution in [0.25, 0.3) is 0 Å². The second-order valence-electron chi connectivity index (χ2n) is 2.46. The standard InChI is InChI=1S/C8H7BrN2O2/c9-2-1-8(12)11-3-4-13-7(5-10)6-11/h7H,3-4,6H2. The molecule has 0 N–H and O–H groups in total. The first-order valence-electron chi connectivity index (χ1n) is 3.69. The fourth-order valence-electron chi connectivity index (χ4n) is 1.03. The summed E-state index contributed by atoms with van der Waals surface area (Å²) in [7, 11) is 0. The molecule has 0 saturated carbocycles. The second kappa shape index (κ2) is 4.86. The van der Waals surface area contributed by atoms with Gasteiger partial charge in [0.25, 0.3) is 5.91 Å². The Balaban J connectivity index is 2.55. The minimum atomic E-state index is -0.519. The third-order valence-corrected chi connectivity index (χ3v) is 1.85. The number of nitriles is 1. The summed E-state index contributed by atoms with van der Waals surface area (Å²) in [5.41, 5.74) is 0. The van der Waals surface area contributed by atoms with Crippen LogP contribution in [-0.2, 0) is 9.53 Å². The summed E-state index contributed by atoms with van der Waals surface area (Å²) in [6.07, 6.45) is -0.519. The van der Waals surface area contributed by atoms with Crippen LogP contribution < -0.4 is 0 Å². The van der Waals surface area contributed by atoms with Gasteiger partial charge in [0.05, 0.1) is 19.2 Å². The maximum atomic E-state index is 11.2. The van der Waals surface area contributed by atoms with Crippen LogP contribution in [-0.4, -0.2) is 36.6 Å². The quantitative estimate of drug-likeness (QED) is 0.567. The predicted molar refractivity (Wildman–Crippen MR) is 48.6 cm³/mol. The smallest absolute Gasteiger partial charge is 0.299 e. The predicted octanol–water partition coefficient (Wildman–Crippen LogP) is 0.0932. The molecule has 1 aliphatic heterocycles. The lowest BCUT2D eigenvalue weighted by molar-refractivity contribution is -0.130. The van der Waals surface area contributed by atoms with E-state index in [0.717, 1.165) is 0 Å². The summed E-state index contributed by atoms with van der Waals surface area (Å²) in [4.78, 5) is 15.1. The van der Waals surface area contributed by atoms with Crippen LogP contribution in [0.15, 0.2) is 0 Å². The highest BCUT2D eigenvalue weighted by Crippen LogP contribution is 2.03. The molecule has 13 heavy (non-hydrogen) atoms. The highest BCUT2D eigenvalue weighted by atomic mass is 79.9. The molecule has 1 fully saturated rings. The number of amides is 1. The first-order chi connectivity index (χ1) is 6.27. The molecule has 0 aliphatic carbocycles. The lowest BCUT2D eigenvalue weighted by Gasteiger charge is -2.27. The zero-order valence-electron chi connectivity index (χ0n) is 6.79. The Bertz CT molecular complexity index is 299. The van der Waals surface area contributed by atoms with E-state index in [1.807, 2.05) is 6.07 Å². The molecule has 0 bridgehead atoms. The number of halogens is 1. The molecule has 0 aromatic carbocycles. The van der Waals surface area contributed by atoms with Gasteiger partial charge in [-0.3, -0.25) is 4.79 Å². The van der Waals surface area contributed by atoms with Crippen LogP contribution in [0.1, 0.15) is 0 Å². The average Bonchev–Trinajstić information content (AvgIpc) is 2.18. The number of carbonyl (C=O) groups excluding carboxylic acids is 1. The monoisotopic (exact) mass is 242 g/mol. The van der Waals surface area contributed by atoms with Gasteiger partial charge in [-0.25, -0.2) is 0 Å². The van der Waals surface area contributed by atoms with E-state index in [9.17, 15) is 4.79 Å². The molecule has 0 aromatic rings. The Kier molecular flexibility index (Phi) is 3.75. The van der Waals surface area contributed by atoms with Gasteiger partial charge in [-0.15, -0.1) is 0 Å². The SMILES string of the molecule is N#CC1CN(C(=O)C#CBr)CCO1. The van der Waals surface area contributed by atoms with Gasteiger partial charge in [-0.2, -0.15) is 5.26 Å². The van der Waals surface area contributed by atoms with Crippen LogP contribution in [0, 0.1) is 22.1 Å². The van der Waals surface area contributed by atoms with Crippen LogP contribution in [0.3, 0.4) is 0 Å². The highest BCUT2D eigenvalue weighted by molar-refractivity contribution is 9.12. The van der Waals surface area contributed by atoms with E-state index in [-0.39, 0.29) is 5.91 Å². The van der Waals surface area contributed by atoms with Gasteiger partial charge in [0.15, 0.2) is 6.10 Å². The Morgan fingerprint density at radius 2 is 2.46 bits per heavy atom. The summed E-state index contributed by atoms with van der Waals surface area (Å²) in [5.74, 6) is 2.07. The number of nitrogens with zero attached hydrogens (tertiary/aromatic N) is 2. The molecule has 1 atom stereocenters. The lowest BCUT2D eigenvalue weighted by atomic mass is 10.3. The van der Waals surface area contributed by atoms with Crippen molar-refractivity contribution in [2.45, 2.75) is 6.10 Å². The third-order valence-electron chi connectivity index (χ3n) is 1.65. The van der Waals surface area contributed by atoms with Crippen molar-refractivity contribution >= 4 is 21.8 Å². The van der Waals surface area contributed by atoms with E-state index in [2.05, 4.69) is 26.7 Å². The van der Waals surface area contributed by atoms with Crippen molar-refractivity contribution in [1.29, 1.82) is 5.26 Å². The zero-order valence-corrected chi connectivity index (χ0v) is 8.37. The lowest BCUT2D eigenvalue weighted by Crippen LogP contribution is -2.44. The minimum absolute atomic E-state index is 0.277. The van der Waals surface area contributed by atoms with E-state index in [0.29, 0.717) is 19.7 Å². The fraction of sp³-hybridized carbons (Fsp3) is 0.500. The van der Waals surface area contributed by atoms with Crippen molar-refractivity contribution in [3.05, 3.63) is 0 Å². The fourth-order valence-corrected chi connectivity index (χ4v) is 1.20. The van der Waals surface area contributed by atoms with E-state index in [1.54, 1.807) is 0 Å². The molecular weight excluding hydrogens is 236 g/mol. The van der Waals surface area contributed by atoms with Gasteiger partial charge in [0, 0.05) is 28.4 Å². The van der Waals surface area contributed by atoms with Gasteiger partial charge in [0.1, 0.15) is 0 Å². The largest absolute Gasteiger partial charge is 0.360 e. The Hall–Kier alpha value is -1.04. The summed E-state index contributed by atoms with van der Waals surface area (Å²) < 4.78 is 5.07. The molecule has 4 nitrogen and oxygen atoms in total. The van der Waals surface area contributed by atoms with Crippen molar-refractivity contribution in [3.8, 4) is 16.8 Å². The molecule has 0 aromatic heterocycles. The number of hydrogen-bond acceptors (Lipinski definition) is 3. The van der Waals surface area contributed by atoms with Crippen molar-refractivity contribution in [3.63, 3.8) is 0 Å². The minimum Gasteiger partial charge on any atom is -0.360 e. The Morgan fingerprint density at radius 1 is 1.69 bits per heavy atom. The van der Waals surface area contributed by atoms with Crippen LogP contribution >= 0.6 is 15.9 Å².